The Bertz CT molecular complexity index is 1320. The molecule has 1 aliphatic heterocycles. The molecule has 1 saturated heterocycles. The van der Waals surface area contributed by atoms with E-state index in [9.17, 15) is 9.59 Å². The second-order valence-corrected chi connectivity index (χ2v) is 8.51. The van der Waals surface area contributed by atoms with Crippen molar-refractivity contribution >= 4 is 34.5 Å². The van der Waals surface area contributed by atoms with Crippen molar-refractivity contribution in [2.24, 2.45) is 0 Å². The van der Waals surface area contributed by atoms with E-state index in [2.05, 4.69) is 45.1 Å². The molecule has 0 unspecified atom stereocenters. The van der Waals surface area contributed by atoms with Crippen LogP contribution in [0.4, 0.5) is 16.4 Å². The molecule has 0 atom stereocenters. The van der Waals surface area contributed by atoms with Crippen molar-refractivity contribution in [3.8, 4) is 0 Å². The van der Waals surface area contributed by atoms with E-state index in [4.69, 9.17) is 4.98 Å². The number of carbonyl (C=O) groups is 2. The molecule has 1 N–H and O–H groups in total. The van der Waals surface area contributed by atoms with Crippen molar-refractivity contribution in [1.29, 1.82) is 0 Å². The maximum absolute atomic E-state index is 12.8. The average molecular weight is 454 g/mol. The SMILES string of the molecule is CC(=O)c1cccc(NC(=O)N2CCN(c3nc4ccccc4n3Cc3ccccc3)CC2)c1. The molecule has 34 heavy (non-hydrogen) atoms. The van der Waals surface area contributed by atoms with Gasteiger partial charge < -0.3 is 19.7 Å². The Kier molecular flexibility index (Phi) is 5.99. The van der Waals surface area contributed by atoms with Crippen molar-refractivity contribution in [3.05, 3.63) is 90.0 Å². The van der Waals surface area contributed by atoms with Gasteiger partial charge in [-0.2, -0.15) is 0 Å². The number of hydrogen-bond acceptors (Lipinski definition) is 4. The molecule has 7 nitrogen and oxygen atoms in total. The number of hydrogen-bond donors (Lipinski definition) is 1. The van der Waals surface area contributed by atoms with Crippen molar-refractivity contribution in [1.82, 2.24) is 14.5 Å². The molecule has 5 rings (SSSR count). The second kappa shape index (κ2) is 9.39. The van der Waals surface area contributed by atoms with Gasteiger partial charge in [-0.3, -0.25) is 4.79 Å². The number of piperazine rings is 1. The lowest BCUT2D eigenvalue weighted by Gasteiger charge is -2.35. The molecule has 4 aromatic rings. The predicted molar refractivity (Wildman–Crippen MR) is 135 cm³/mol. The molecule has 0 radical (unpaired) electrons. The van der Waals surface area contributed by atoms with Crippen LogP contribution in [0.25, 0.3) is 11.0 Å². The van der Waals surface area contributed by atoms with Crippen LogP contribution in [0.3, 0.4) is 0 Å². The molecule has 2 heterocycles. The minimum atomic E-state index is -0.154. The van der Waals surface area contributed by atoms with E-state index in [-0.39, 0.29) is 11.8 Å². The van der Waals surface area contributed by atoms with Crippen LogP contribution >= 0.6 is 0 Å². The van der Waals surface area contributed by atoms with Crippen LogP contribution in [0, 0.1) is 0 Å². The lowest BCUT2D eigenvalue weighted by Crippen LogP contribution is -2.50. The van der Waals surface area contributed by atoms with Crippen LogP contribution in [0.15, 0.2) is 78.9 Å². The molecule has 2 amide bonds. The van der Waals surface area contributed by atoms with Crippen LogP contribution < -0.4 is 10.2 Å². The largest absolute Gasteiger partial charge is 0.339 e. The summed E-state index contributed by atoms with van der Waals surface area (Å²) in [4.78, 5) is 33.5. The molecule has 0 aliphatic carbocycles. The van der Waals surface area contributed by atoms with Gasteiger partial charge in [0.05, 0.1) is 17.6 Å². The standard InChI is InChI=1S/C27H27N5O2/c1-20(33)22-10-7-11-23(18-22)28-27(34)31-16-14-30(15-17-31)26-29-24-12-5-6-13-25(24)32(26)19-21-8-3-2-4-9-21/h2-13,18H,14-17,19H2,1H3,(H,28,34). The Morgan fingerprint density at radius 3 is 2.38 bits per heavy atom. The number of nitrogens with one attached hydrogen (secondary N) is 1. The van der Waals surface area contributed by atoms with Gasteiger partial charge in [0.25, 0.3) is 0 Å². The first-order valence-electron chi connectivity index (χ1n) is 11.5. The lowest BCUT2D eigenvalue weighted by atomic mass is 10.1. The van der Waals surface area contributed by atoms with Gasteiger partial charge in [-0.05, 0) is 36.8 Å². The van der Waals surface area contributed by atoms with Crippen molar-refractivity contribution in [2.75, 3.05) is 36.4 Å². The number of urea groups is 1. The van der Waals surface area contributed by atoms with Gasteiger partial charge in [-0.1, -0.05) is 54.6 Å². The maximum Gasteiger partial charge on any atom is 0.321 e. The minimum absolute atomic E-state index is 0.0249. The first kappa shape index (κ1) is 21.7. The van der Waals surface area contributed by atoms with Gasteiger partial charge in [0.15, 0.2) is 5.78 Å². The normalized spacial score (nSPS) is 13.8. The Morgan fingerprint density at radius 2 is 1.62 bits per heavy atom. The van der Waals surface area contributed by atoms with Gasteiger partial charge in [-0.15, -0.1) is 0 Å². The minimum Gasteiger partial charge on any atom is -0.339 e. The summed E-state index contributed by atoms with van der Waals surface area (Å²) in [5.41, 5.74) is 4.51. The van der Waals surface area contributed by atoms with Crippen LogP contribution in [0.5, 0.6) is 0 Å². The zero-order valence-electron chi connectivity index (χ0n) is 19.1. The highest BCUT2D eigenvalue weighted by Gasteiger charge is 2.25. The van der Waals surface area contributed by atoms with Crippen molar-refractivity contribution < 1.29 is 9.59 Å². The third kappa shape index (κ3) is 4.50. The number of anilines is 2. The maximum atomic E-state index is 12.8. The number of aromatic nitrogens is 2. The smallest absolute Gasteiger partial charge is 0.321 e. The molecule has 3 aromatic carbocycles. The molecule has 0 spiro atoms. The highest BCUT2D eigenvalue weighted by Crippen LogP contribution is 2.25. The van der Waals surface area contributed by atoms with Crippen LogP contribution in [0.1, 0.15) is 22.8 Å². The van der Waals surface area contributed by atoms with E-state index < -0.39 is 0 Å². The summed E-state index contributed by atoms with van der Waals surface area (Å²) >= 11 is 0. The highest BCUT2D eigenvalue weighted by molar-refractivity contribution is 5.96. The van der Waals surface area contributed by atoms with E-state index in [1.807, 2.05) is 24.3 Å². The van der Waals surface area contributed by atoms with Crippen LogP contribution in [-0.4, -0.2) is 52.4 Å². The Morgan fingerprint density at radius 1 is 0.882 bits per heavy atom. The fourth-order valence-electron chi connectivity index (χ4n) is 4.35. The van der Waals surface area contributed by atoms with E-state index in [1.54, 1.807) is 29.2 Å². The zero-order chi connectivity index (χ0) is 23.5. The number of benzene rings is 3. The van der Waals surface area contributed by atoms with Gasteiger partial charge in [0, 0.05) is 37.4 Å². The van der Waals surface area contributed by atoms with Crippen LogP contribution in [-0.2, 0) is 6.54 Å². The zero-order valence-corrected chi connectivity index (χ0v) is 19.1. The molecule has 1 aromatic heterocycles. The van der Waals surface area contributed by atoms with E-state index >= 15 is 0 Å². The molecular weight excluding hydrogens is 426 g/mol. The Labute approximate surface area is 198 Å². The number of amides is 2. The number of rotatable bonds is 5. The van der Waals surface area contributed by atoms with E-state index in [0.717, 1.165) is 23.5 Å². The fraction of sp³-hybridized carbons (Fsp3) is 0.222. The number of imidazole rings is 1. The lowest BCUT2D eigenvalue weighted by molar-refractivity contribution is 0.101. The number of fused-ring (bicyclic) bond motifs is 1. The predicted octanol–water partition coefficient (Wildman–Crippen LogP) is 4.64. The summed E-state index contributed by atoms with van der Waals surface area (Å²) in [5.74, 6) is 0.905. The number of carbonyl (C=O) groups excluding carboxylic acids is 2. The number of Topliss-reactive ketones (excluding diaryl/α,β-unsaturated/α-hetero) is 1. The second-order valence-electron chi connectivity index (χ2n) is 8.51. The first-order valence-corrected chi connectivity index (χ1v) is 11.5. The quantitative estimate of drug-likeness (QED) is 0.447. The van der Waals surface area contributed by atoms with Gasteiger partial charge in [0.2, 0.25) is 5.95 Å². The third-order valence-electron chi connectivity index (χ3n) is 6.19. The average Bonchev–Trinajstić information content (AvgIpc) is 3.23. The summed E-state index contributed by atoms with van der Waals surface area (Å²) < 4.78 is 2.26. The summed E-state index contributed by atoms with van der Waals surface area (Å²) in [7, 11) is 0. The summed E-state index contributed by atoms with van der Waals surface area (Å²) in [6.45, 7) is 4.83. The molecule has 7 heteroatoms. The molecule has 0 bridgehead atoms. The summed E-state index contributed by atoms with van der Waals surface area (Å²) in [6, 6.07) is 25.5. The molecule has 0 saturated carbocycles. The number of nitrogens with zero attached hydrogens (tertiary/aromatic N) is 4. The Balaban J connectivity index is 1.30. The molecule has 172 valence electrons. The number of para-hydroxylation sites is 2. The van der Waals surface area contributed by atoms with E-state index in [1.165, 1.54) is 12.5 Å². The van der Waals surface area contributed by atoms with Gasteiger partial charge in [-0.25, -0.2) is 9.78 Å². The number of ketones is 1. The van der Waals surface area contributed by atoms with E-state index in [0.29, 0.717) is 37.4 Å². The molecular formula is C27H27N5O2. The van der Waals surface area contributed by atoms with Gasteiger partial charge in [0.1, 0.15) is 0 Å². The van der Waals surface area contributed by atoms with Crippen LogP contribution in [0.2, 0.25) is 0 Å². The molecule has 1 fully saturated rings. The molecule has 1 aliphatic rings. The third-order valence-corrected chi connectivity index (χ3v) is 6.19. The topological polar surface area (TPSA) is 70.5 Å². The highest BCUT2D eigenvalue weighted by atomic mass is 16.2. The summed E-state index contributed by atoms with van der Waals surface area (Å²) in [6.07, 6.45) is 0. The van der Waals surface area contributed by atoms with Crippen molar-refractivity contribution in [3.63, 3.8) is 0 Å². The van der Waals surface area contributed by atoms with Crippen molar-refractivity contribution in [2.45, 2.75) is 13.5 Å². The fourth-order valence-corrected chi connectivity index (χ4v) is 4.35. The summed E-state index contributed by atoms with van der Waals surface area (Å²) in [5, 5.41) is 2.92. The van der Waals surface area contributed by atoms with Gasteiger partial charge >= 0.3 is 6.03 Å². The first-order chi connectivity index (χ1) is 16.6. The Hall–Kier alpha value is -4.13. The monoisotopic (exact) mass is 453 g/mol.